The molecule has 3 heteroatoms. The van der Waals surface area contributed by atoms with E-state index in [-0.39, 0.29) is 11.5 Å². The van der Waals surface area contributed by atoms with Gasteiger partial charge in [-0.2, -0.15) is 0 Å². The topological polar surface area (TPSA) is 35.5 Å². The van der Waals surface area contributed by atoms with Crippen LogP contribution in [0.5, 0.6) is 0 Å². The molecule has 0 aromatic carbocycles. The number of hydrogen-bond donors (Lipinski definition) is 2. The maximum atomic E-state index is 9.77. The summed E-state index contributed by atoms with van der Waals surface area (Å²) in [4.78, 5) is 2.22. The lowest BCUT2D eigenvalue weighted by molar-refractivity contribution is 0.0836. The minimum atomic E-state index is -0.109. The van der Waals surface area contributed by atoms with Crippen LogP contribution in [0.1, 0.15) is 6.42 Å². The maximum Gasteiger partial charge on any atom is 0.0748 e. The van der Waals surface area contributed by atoms with Crippen LogP contribution in [-0.2, 0) is 0 Å². The zero-order chi connectivity index (χ0) is 7.90. The van der Waals surface area contributed by atoms with E-state index in [1.54, 1.807) is 0 Å². The van der Waals surface area contributed by atoms with Crippen LogP contribution in [0.4, 0.5) is 0 Å². The van der Waals surface area contributed by atoms with Crippen LogP contribution < -0.4 is 5.32 Å². The van der Waals surface area contributed by atoms with Gasteiger partial charge in [-0.05, 0) is 20.0 Å². The molecule has 2 unspecified atom stereocenters. The Morgan fingerprint density at radius 2 is 2.45 bits per heavy atom. The van der Waals surface area contributed by atoms with Crippen LogP contribution in [-0.4, -0.2) is 49.3 Å². The minimum absolute atomic E-state index is 0.109. The third kappa shape index (κ3) is 1.08. The predicted octanol–water partition coefficient (Wildman–Crippen LogP) is -0.728. The van der Waals surface area contributed by atoms with Crippen molar-refractivity contribution >= 4 is 0 Å². The van der Waals surface area contributed by atoms with Gasteiger partial charge in [-0.25, -0.2) is 0 Å². The summed E-state index contributed by atoms with van der Waals surface area (Å²) < 4.78 is 0. The number of likely N-dealkylation sites (N-methyl/N-ethyl adjacent to an activating group) is 1. The molecule has 0 aromatic heterocycles. The van der Waals surface area contributed by atoms with Gasteiger partial charge >= 0.3 is 0 Å². The summed E-state index contributed by atoms with van der Waals surface area (Å²) in [6.45, 7) is 3.98. The molecule has 2 fully saturated rings. The van der Waals surface area contributed by atoms with Crippen molar-refractivity contribution in [2.24, 2.45) is 5.41 Å². The molecule has 64 valence electrons. The van der Waals surface area contributed by atoms with E-state index in [2.05, 4.69) is 17.3 Å². The molecule has 2 aliphatic rings. The van der Waals surface area contributed by atoms with Gasteiger partial charge in [-0.15, -0.1) is 0 Å². The molecule has 0 aliphatic carbocycles. The highest BCUT2D eigenvalue weighted by atomic mass is 16.3. The van der Waals surface area contributed by atoms with E-state index >= 15 is 0 Å². The summed E-state index contributed by atoms with van der Waals surface area (Å²) in [5, 5.41) is 13.1. The van der Waals surface area contributed by atoms with E-state index in [4.69, 9.17) is 0 Å². The summed E-state index contributed by atoms with van der Waals surface area (Å²) >= 11 is 0. The number of hydrogen-bond acceptors (Lipinski definition) is 3. The lowest BCUT2D eigenvalue weighted by atomic mass is 9.84. The molecule has 0 radical (unpaired) electrons. The molecule has 11 heavy (non-hydrogen) atoms. The second-order valence-corrected chi connectivity index (χ2v) is 4.00. The number of aliphatic hydroxyl groups excluding tert-OH is 1. The lowest BCUT2D eigenvalue weighted by Crippen LogP contribution is -2.35. The third-order valence-electron chi connectivity index (χ3n) is 3.05. The monoisotopic (exact) mass is 156 g/mol. The van der Waals surface area contributed by atoms with Crippen molar-refractivity contribution in [3.8, 4) is 0 Å². The second-order valence-electron chi connectivity index (χ2n) is 4.00. The van der Waals surface area contributed by atoms with Crippen molar-refractivity contribution in [2.75, 3.05) is 33.2 Å². The van der Waals surface area contributed by atoms with Gasteiger partial charge in [0.25, 0.3) is 0 Å². The normalized spacial score (nSPS) is 45.8. The highest BCUT2D eigenvalue weighted by Gasteiger charge is 2.46. The summed E-state index contributed by atoms with van der Waals surface area (Å²) in [7, 11) is 2.08. The van der Waals surface area contributed by atoms with E-state index in [0.717, 1.165) is 32.6 Å². The number of aliphatic hydroxyl groups is 1. The van der Waals surface area contributed by atoms with Gasteiger partial charge in [0.2, 0.25) is 0 Å². The van der Waals surface area contributed by atoms with E-state index in [0.29, 0.717) is 0 Å². The molecular weight excluding hydrogens is 140 g/mol. The van der Waals surface area contributed by atoms with Gasteiger partial charge in [0.1, 0.15) is 0 Å². The largest absolute Gasteiger partial charge is 0.391 e. The van der Waals surface area contributed by atoms with Crippen molar-refractivity contribution < 1.29 is 5.11 Å². The molecule has 0 amide bonds. The quantitative estimate of drug-likeness (QED) is 0.485. The van der Waals surface area contributed by atoms with Crippen LogP contribution in [0.25, 0.3) is 0 Å². The zero-order valence-corrected chi connectivity index (χ0v) is 7.01. The highest BCUT2D eigenvalue weighted by molar-refractivity contribution is 5.00. The number of nitrogens with one attached hydrogen (secondary N) is 1. The first kappa shape index (κ1) is 7.53. The maximum absolute atomic E-state index is 9.77. The van der Waals surface area contributed by atoms with Gasteiger partial charge < -0.3 is 15.3 Å². The van der Waals surface area contributed by atoms with Crippen LogP contribution >= 0.6 is 0 Å². The number of rotatable bonds is 0. The van der Waals surface area contributed by atoms with Crippen molar-refractivity contribution in [1.82, 2.24) is 10.2 Å². The summed E-state index contributed by atoms with van der Waals surface area (Å²) in [6, 6.07) is 0. The minimum Gasteiger partial charge on any atom is -0.391 e. The molecular formula is C8H16N2O. The van der Waals surface area contributed by atoms with Gasteiger partial charge in [0, 0.05) is 25.0 Å². The van der Waals surface area contributed by atoms with E-state index in [1.807, 2.05) is 0 Å². The fourth-order valence-electron chi connectivity index (χ4n) is 2.38. The summed E-state index contributed by atoms with van der Waals surface area (Å²) in [6.07, 6.45) is 1.03. The lowest BCUT2D eigenvalue weighted by Gasteiger charge is -2.24. The molecule has 0 aromatic rings. The Kier molecular flexibility index (Phi) is 1.67. The van der Waals surface area contributed by atoms with E-state index in [9.17, 15) is 5.11 Å². The van der Waals surface area contributed by atoms with Gasteiger partial charge in [-0.1, -0.05) is 0 Å². The number of β-amino-alcohol motifs (C(OH)–C–C–N with tert-alkyl or cyclic N) is 1. The van der Waals surface area contributed by atoms with Crippen molar-refractivity contribution in [3.05, 3.63) is 0 Å². The van der Waals surface area contributed by atoms with Crippen LogP contribution in [0, 0.1) is 5.41 Å². The Morgan fingerprint density at radius 3 is 2.91 bits per heavy atom. The van der Waals surface area contributed by atoms with Crippen LogP contribution in [0.2, 0.25) is 0 Å². The van der Waals surface area contributed by atoms with E-state index in [1.165, 1.54) is 0 Å². The summed E-state index contributed by atoms with van der Waals surface area (Å²) in [5.74, 6) is 0. The highest BCUT2D eigenvalue weighted by Crippen LogP contribution is 2.35. The average Bonchev–Trinajstić information content (AvgIpc) is 2.45. The molecule has 2 aliphatic heterocycles. The fraction of sp³-hybridized carbons (Fsp3) is 1.00. The third-order valence-corrected chi connectivity index (χ3v) is 3.05. The standard InChI is InChI=1S/C8H16N2O/c1-10-4-7(11)8(6-10)2-3-9-5-8/h7,9,11H,2-6H2,1H3. The molecule has 2 rings (SSSR count). The Morgan fingerprint density at radius 1 is 1.64 bits per heavy atom. The Bertz CT molecular complexity index is 154. The molecule has 2 atom stereocenters. The Balaban J connectivity index is 2.12. The first-order valence-corrected chi connectivity index (χ1v) is 4.30. The molecule has 2 N–H and O–H groups in total. The number of likely N-dealkylation sites (tertiary alicyclic amines) is 1. The van der Waals surface area contributed by atoms with E-state index < -0.39 is 0 Å². The molecule has 2 heterocycles. The van der Waals surface area contributed by atoms with Crippen molar-refractivity contribution in [2.45, 2.75) is 12.5 Å². The number of nitrogens with zero attached hydrogens (tertiary/aromatic N) is 1. The van der Waals surface area contributed by atoms with Gasteiger partial charge in [0.15, 0.2) is 0 Å². The first-order valence-electron chi connectivity index (χ1n) is 4.30. The SMILES string of the molecule is CN1CC(O)C2(CCNC2)C1. The Labute approximate surface area is 67.4 Å². The Hall–Kier alpha value is -0.120. The molecule has 0 saturated carbocycles. The zero-order valence-electron chi connectivity index (χ0n) is 7.01. The van der Waals surface area contributed by atoms with Crippen molar-refractivity contribution in [3.63, 3.8) is 0 Å². The average molecular weight is 156 g/mol. The first-order chi connectivity index (χ1) is 5.23. The predicted molar refractivity (Wildman–Crippen MR) is 43.4 cm³/mol. The van der Waals surface area contributed by atoms with Gasteiger partial charge in [0.05, 0.1) is 6.10 Å². The van der Waals surface area contributed by atoms with Crippen LogP contribution in [0.15, 0.2) is 0 Å². The molecule has 1 spiro atoms. The fourth-order valence-corrected chi connectivity index (χ4v) is 2.38. The second kappa shape index (κ2) is 2.44. The molecule has 0 bridgehead atoms. The smallest absolute Gasteiger partial charge is 0.0748 e. The van der Waals surface area contributed by atoms with Crippen molar-refractivity contribution in [1.29, 1.82) is 0 Å². The molecule has 2 saturated heterocycles. The van der Waals surface area contributed by atoms with Crippen LogP contribution in [0.3, 0.4) is 0 Å². The molecule has 3 nitrogen and oxygen atoms in total. The van der Waals surface area contributed by atoms with Gasteiger partial charge in [-0.3, -0.25) is 0 Å². The summed E-state index contributed by atoms with van der Waals surface area (Å²) in [5.41, 5.74) is 0.189.